The van der Waals surface area contributed by atoms with Crippen LogP contribution >= 0.6 is 11.8 Å². The predicted octanol–water partition coefficient (Wildman–Crippen LogP) is 4.10. The molecule has 4 nitrogen and oxygen atoms in total. The molecule has 5 heteroatoms. The van der Waals surface area contributed by atoms with Gasteiger partial charge in [0, 0.05) is 26.4 Å². The van der Waals surface area contributed by atoms with Crippen molar-refractivity contribution in [1.82, 2.24) is 10.7 Å². The molecule has 132 valence electrons. The fourth-order valence-electron chi connectivity index (χ4n) is 3.03. The van der Waals surface area contributed by atoms with Gasteiger partial charge < -0.3 is 20.6 Å². The average molecular weight is 356 g/mol. The van der Waals surface area contributed by atoms with E-state index in [1.54, 1.807) is 11.8 Å². The number of nitrogens with zero attached hydrogens (tertiary/aromatic N) is 1. The highest BCUT2D eigenvalue weighted by atomic mass is 32.2. The van der Waals surface area contributed by atoms with Gasteiger partial charge in [0.25, 0.3) is 0 Å². The Bertz CT molecular complexity index is 915. The van der Waals surface area contributed by atoms with Crippen LogP contribution in [0.5, 0.6) is 0 Å². The van der Waals surface area contributed by atoms with E-state index < -0.39 is 5.97 Å². The van der Waals surface area contributed by atoms with Crippen LogP contribution in [0.3, 0.4) is 0 Å². The summed E-state index contributed by atoms with van der Waals surface area (Å²) in [5, 5.41) is 12.3. The van der Waals surface area contributed by atoms with Gasteiger partial charge in [0.2, 0.25) is 0 Å². The number of hydrogen-bond donors (Lipinski definition) is 1. The number of carbonyl (C=O) groups is 1. The zero-order valence-electron chi connectivity index (χ0n) is 15.1. The molecule has 1 aromatic heterocycles. The first-order valence-corrected chi connectivity index (χ1v) is 8.88. The molecule has 25 heavy (non-hydrogen) atoms. The molecule has 0 amide bonds. The molecular formula is C20H24N2O2S. The second-order valence-electron chi connectivity index (χ2n) is 5.96. The van der Waals surface area contributed by atoms with E-state index in [2.05, 4.69) is 38.1 Å². The molecule has 0 saturated heterocycles. The molecule has 3 rings (SSSR count). The lowest BCUT2D eigenvalue weighted by Gasteiger charge is -2.10. The number of fused-ring (bicyclic) bond motifs is 1. The first-order chi connectivity index (χ1) is 11.5. The number of aryl methyl sites for hydroxylation is 2. The Morgan fingerprint density at radius 1 is 1.16 bits per heavy atom. The van der Waals surface area contributed by atoms with E-state index in [1.807, 2.05) is 29.7 Å². The van der Waals surface area contributed by atoms with Crippen LogP contribution in [0.4, 0.5) is 0 Å². The lowest BCUT2D eigenvalue weighted by atomic mass is 10.2. The fourth-order valence-corrected chi connectivity index (χ4v) is 4.27. The summed E-state index contributed by atoms with van der Waals surface area (Å²) in [6.45, 7) is 6.06. The highest BCUT2D eigenvalue weighted by Crippen LogP contribution is 2.39. The quantitative estimate of drug-likeness (QED) is 0.747. The van der Waals surface area contributed by atoms with Crippen molar-refractivity contribution in [1.29, 1.82) is 0 Å². The Labute approximate surface area is 152 Å². The number of carbonyl (C=O) groups excluding carboxylic acids is 1. The van der Waals surface area contributed by atoms with Crippen LogP contribution in [-0.2, 0) is 17.8 Å². The largest absolute Gasteiger partial charge is 0.548 e. The lowest BCUT2D eigenvalue weighted by molar-refractivity contribution is -0.306. The molecule has 0 unspecified atom stereocenters. The number of hydrogen-bond acceptors (Lipinski definition) is 3. The summed E-state index contributed by atoms with van der Waals surface area (Å²) in [7, 11) is 0. The zero-order chi connectivity index (χ0) is 17.3. The summed E-state index contributed by atoms with van der Waals surface area (Å²) in [6.07, 6.45) is 0.971. The highest BCUT2D eigenvalue weighted by Gasteiger charge is 2.16. The van der Waals surface area contributed by atoms with Crippen molar-refractivity contribution in [3.05, 3.63) is 59.3 Å². The predicted molar refractivity (Wildman–Crippen MR) is 102 cm³/mol. The normalized spacial score (nSPS) is 10.7. The Morgan fingerprint density at radius 3 is 2.56 bits per heavy atom. The van der Waals surface area contributed by atoms with Gasteiger partial charge >= 0.3 is 0 Å². The smallest absolute Gasteiger partial charge is 0.0624 e. The summed E-state index contributed by atoms with van der Waals surface area (Å²) in [6, 6.07) is 14.5. The Kier molecular flexibility index (Phi) is 5.93. The SMILES string of the molecule is CCc1ccccc1Sc1c(C)n(CC(=O)[O-])c2ccc(C)cc12.[NH4+]. The van der Waals surface area contributed by atoms with Crippen LogP contribution in [0.2, 0.25) is 0 Å². The van der Waals surface area contributed by atoms with Gasteiger partial charge in [0.05, 0.1) is 12.5 Å². The van der Waals surface area contributed by atoms with E-state index >= 15 is 0 Å². The van der Waals surface area contributed by atoms with Gasteiger partial charge in [-0.05, 0) is 44.0 Å². The average Bonchev–Trinajstić information content (AvgIpc) is 2.80. The number of aliphatic carboxylic acids is 1. The number of aromatic nitrogens is 1. The highest BCUT2D eigenvalue weighted by molar-refractivity contribution is 7.99. The molecule has 0 fully saturated rings. The minimum absolute atomic E-state index is 0. The van der Waals surface area contributed by atoms with Gasteiger partial charge in [0.1, 0.15) is 0 Å². The third-order valence-corrected chi connectivity index (χ3v) is 5.61. The van der Waals surface area contributed by atoms with Crippen molar-refractivity contribution in [2.45, 2.75) is 43.5 Å². The number of quaternary nitrogens is 1. The first kappa shape index (κ1) is 19.1. The van der Waals surface area contributed by atoms with Gasteiger partial charge in [-0.3, -0.25) is 0 Å². The summed E-state index contributed by atoms with van der Waals surface area (Å²) in [5.41, 5.74) is 4.38. The summed E-state index contributed by atoms with van der Waals surface area (Å²) >= 11 is 1.72. The number of carboxylic acids is 1. The van der Waals surface area contributed by atoms with Crippen LogP contribution in [-0.4, -0.2) is 10.5 Å². The van der Waals surface area contributed by atoms with Crippen LogP contribution in [0.15, 0.2) is 52.3 Å². The van der Waals surface area contributed by atoms with E-state index in [4.69, 9.17) is 0 Å². The third-order valence-electron chi connectivity index (χ3n) is 4.27. The maximum atomic E-state index is 11.2. The molecular weight excluding hydrogens is 332 g/mol. The molecule has 0 spiro atoms. The van der Waals surface area contributed by atoms with Crippen molar-refractivity contribution in [2.24, 2.45) is 0 Å². The second kappa shape index (κ2) is 7.76. The molecule has 0 atom stereocenters. The maximum absolute atomic E-state index is 11.2. The number of rotatable bonds is 5. The standard InChI is InChI=1S/C20H21NO2S.H3N/c1-4-15-7-5-6-8-18(15)24-20-14(3)21(12-19(22)23)17-10-9-13(2)11-16(17)20;/h5-11H,4,12H2,1-3H3,(H,22,23);1H3. The Balaban J connectivity index is 0.00000225. The van der Waals surface area contributed by atoms with E-state index in [0.29, 0.717) is 0 Å². The molecule has 0 radical (unpaired) electrons. The third kappa shape index (κ3) is 3.72. The molecule has 0 saturated carbocycles. The van der Waals surface area contributed by atoms with E-state index in [0.717, 1.165) is 27.9 Å². The monoisotopic (exact) mass is 356 g/mol. The fraction of sp³-hybridized carbons (Fsp3) is 0.250. The summed E-state index contributed by atoms with van der Waals surface area (Å²) in [5.74, 6) is -1.07. The van der Waals surface area contributed by atoms with Gasteiger partial charge in [0.15, 0.2) is 0 Å². The Morgan fingerprint density at radius 2 is 1.88 bits per heavy atom. The molecule has 0 aliphatic carbocycles. The molecule has 0 bridgehead atoms. The van der Waals surface area contributed by atoms with Crippen molar-refractivity contribution in [2.75, 3.05) is 0 Å². The van der Waals surface area contributed by atoms with Gasteiger partial charge in [-0.15, -0.1) is 0 Å². The molecule has 0 aliphatic heterocycles. The van der Waals surface area contributed by atoms with E-state index in [-0.39, 0.29) is 12.7 Å². The minimum atomic E-state index is -1.07. The topological polar surface area (TPSA) is 81.6 Å². The molecule has 0 aliphatic rings. The van der Waals surface area contributed by atoms with Crippen LogP contribution in [0, 0.1) is 13.8 Å². The van der Waals surface area contributed by atoms with Crippen LogP contribution in [0.25, 0.3) is 10.9 Å². The number of carboxylic acid groups (broad SMARTS) is 1. The van der Waals surface area contributed by atoms with Gasteiger partial charge in [-0.2, -0.15) is 0 Å². The summed E-state index contributed by atoms with van der Waals surface area (Å²) in [4.78, 5) is 13.5. The number of benzene rings is 2. The van der Waals surface area contributed by atoms with Crippen molar-refractivity contribution in [3.8, 4) is 0 Å². The molecule has 4 N–H and O–H groups in total. The van der Waals surface area contributed by atoms with Gasteiger partial charge in [-0.1, -0.05) is 48.5 Å². The van der Waals surface area contributed by atoms with E-state index in [9.17, 15) is 9.90 Å². The van der Waals surface area contributed by atoms with Crippen LogP contribution < -0.4 is 11.3 Å². The lowest BCUT2D eigenvalue weighted by Crippen LogP contribution is -2.27. The van der Waals surface area contributed by atoms with E-state index in [1.165, 1.54) is 16.0 Å². The van der Waals surface area contributed by atoms with Crippen molar-refractivity contribution in [3.63, 3.8) is 0 Å². The van der Waals surface area contributed by atoms with Gasteiger partial charge in [-0.25, -0.2) is 0 Å². The van der Waals surface area contributed by atoms with Crippen molar-refractivity contribution >= 4 is 28.6 Å². The van der Waals surface area contributed by atoms with Crippen molar-refractivity contribution < 1.29 is 9.90 Å². The second-order valence-corrected chi connectivity index (χ2v) is 7.01. The molecule has 1 heterocycles. The first-order valence-electron chi connectivity index (χ1n) is 8.06. The molecule has 2 aromatic carbocycles. The van der Waals surface area contributed by atoms with Crippen LogP contribution in [0.1, 0.15) is 23.7 Å². The zero-order valence-corrected chi connectivity index (χ0v) is 15.9. The molecule has 3 aromatic rings. The maximum Gasteiger partial charge on any atom is 0.0624 e. The Hall–Kier alpha value is -2.24. The minimum Gasteiger partial charge on any atom is -0.548 e. The summed E-state index contributed by atoms with van der Waals surface area (Å²) < 4.78 is 1.83.